The summed E-state index contributed by atoms with van der Waals surface area (Å²) in [6, 6.07) is 2.08. The van der Waals surface area contributed by atoms with E-state index in [0.29, 0.717) is 0 Å². The van der Waals surface area contributed by atoms with E-state index in [1.165, 1.54) is 12.1 Å². The van der Waals surface area contributed by atoms with Gasteiger partial charge in [0.05, 0.1) is 17.5 Å². The molecule has 0 bridgehead atoms. The zero-order valence-electron chi connectivity index (χ0n) is 6.42. The van der Waals surface area contributed by atoms with Gasteiger partial charge < -0.3 is 5.11 Å². The highest BCUT2D eigenvalue weighted by Gasteiger charge is 2.30. The summed E-state index contributed by atoms with van der Waals surface area (Å²) in [5.41, 5.74) is -0.530. The number of pyridine rings is 1. The third-order valence-corrected chi connectivity index (χ3v) is 1.36. The van der Waals surface area contributed by atoms with Crippen LogP contribution in [0.4, 0.5) is 13.2 Å². The highest BCUT2D eigenvalue weighted by molar-refractivity contribution is 5.43. The molecule has 0 spiro atoms. The second-order valence-electron chi connectivity index (χ2n) is 2.29. The summed E-state index contributed by atoms with van der Waals surface area (Å²) in [7, 11) is 0. The molecule has 70 valence electrons. The molecule has 0 aliphatic rings. The van der Waals surface area contributed by atoms with Crippen molar-refractivity contribution in [2.24, 2.45) is 0 Å². The fourth-order valence-corrected chi connectivity index (χ4v) is 0.748. The molecule has 1 N–H and O–H groups in total. The maximum absolute atomic E-state index is 12.0. The Bertz CT molecular complexity index is 302. The van der Waals surface area contributed by atoms with Crippen LogP contribution >= 0.6 is 0 Å². The van der Waals surface area contributed by atoms with Crippen molar-refractivity contribution in [1.82, 2.24) is 4.98 Å². The zero-order chi connectivity index (χ0) is 9.90. The fourth-order valence-electron chi connectivity index (χ4n) is 0.748. The Hall–Kier alpha value is -1.52. The largest absolute Gasteiger partial charge is 0.516 e. The standard InChI is InChI=1S/C8H6F3NO/c9-8(10,11)6-1-2-7(3-4-13)12-5-6/h1-5,13H/b4-3-. The van der Waals surface area contributed by atoms with E-state index < -0.39 is 11.7 Å². The first kappa shape index (κ1) is 9.57. The average molecular weight is 189 g/mol. The van der Waals surface area contributed by atoms with Crippen molar-refractivity contribution in [2.45, 2.75) is 6.18 Å². The van der Waals surface area contributed by atoms with Crippen LogP contribution in [0.3, 0.4) is 0 Å². The van der Waals surface area contributed by atoms with Gasteiger partial charge >= 0.3 is 6.18 Å². The Morgan fingerprint density at radius 2 is 2.00 bits per heavy atom. The van der Waals surface area contributed by atoms with Crippen LogP contribution in [0, 0.1) is 0 Å². The monoisotopic (exact) mass is 189 g/mol. The summed E-state index contributed by atoms with van der Waals surface area (Å²) in [5.74, 6) is 0. The molecule has 0 saturated carbocycles. The topological polar surface area (TPSA) is 33.1 Å². The summed E-state index contributed by atoms with van der Waals surface area (Å²) < 4.78 is 36.0. The van der Waals surface area contributed by atoms with Crippen molar-refractivity contribution in [3.8, 4) is 0 Å². The van der Waals surface area contributed by atoms with E-state index in [2.05, 4.69) is 4.98 Å². The lowest BCUT2D eigenvalue weighted by Crippen LogP contribution is -2.05. The summed E-state index contributed by atoms with van der Waals surface area (Å²) in [6.45, 7) is 0. The lowest BCUT2D eigenvalue weighted by molar-refractivity contribution is -0.137. The lowest BCUT2D eigenvalue weighted by Gasteiger charge is -2.04. The maximum Gasteiger partial charge on any atom is 0.417 e. The molecule has 0 aromatic carbocycles. The summed E-state index contributed by atoms with van der Waals surface area (Å²) in [4.78, 5) is 3.47. The van der Waals surface area contributed by atoms with Crippen LogP contribution < -0.4 is 0 Å². The second-order valence-corrected chi connectivity index (χ2v) is 2.29. The molecule has 0 amide bonds. The van der Waals surface area contributed by atoms with Crippen molar-refractivity contribution in [3.05, 3.63) is 35.8 Å². The molecule has 0 aliphatic carbocycles. The summed E-state index contributed by atoms with van der Waals surface area (Å²) in [5, 5.41) is 8.31. The highest BCUT2D eigenvalue weighted by Crippen LogP contribution is 2.28. The summed E-state index contributed by atoms with van der Waals surface area (Å²) >= 11 is 0. The first-order valence-electron chi connectivity index (χ1n) is 3.38. The first-order valence-corrected chi connectivity index (χ1v) is 3.38. The van der Waals surface area contributed by atoms with Gasteiger partial charge in [-0.15, -0.1) is 0 Å². The molecule has 5 heteroatoms. The molecule has 1 aromatic rings. The van der Waals surface area contributed by atoms with Crippen LogP contribution in [0.15, 0.2) is 24.6 Å². The first-order chi connectivity index (χ1) is 6.04. The van der Waals surface area contributed by atoms with Gasteiger partial charge in [-0.1, -0.05) is 0 Å². The minimum absolute atomic E-state index is 0.274. The molecule has 0 unspecified atom stereocenters. The van der Waals surface area contributed by atoms with E-state index in [9.17, 15) is 13.2 Å². The van der Waals surface area contributed by atoms with Gasteiger partial charge in [0.15, 0.2) is 0 Å². The molecule has 0 saturated heterocycles. The molecule has 1 aromatic heterocycles. The Labute approximate surface area is 72.3 Å². The summed E-state index contributed by atoms with van der Waals surface area (Å²) in [6.07, 6.45) is -1.74. The number of hydrogen-bond donors (Lipinski definition) is 1. The molecular weight excluding hydrogens is 183 g/mol. The van der Waals surface area contributed by atoms with Crippen LogP contribution in [0.5, 0.6) is 0 Å². The normalized spacial score (nSPS) is 12.2. The van der Waals surface area contributed by atoms with E-state index in [1.54, 1.807) is 0 Å². The maximum atomic E-state index is 12.0. The van der Waals surface area contributed by atoms with Gasteiger partial charge in [-0.05, 0) is 18.2 Å². The Balaban J connectivity index is 2.94. The molecule has 0 fully saturated rings. The van der Waals surface area contributed by atoms with Gasteiger partial charge in [0.25, 0.3) is 0 Å². The van der Waals surface area contributed by atoms with E-state index in [0.717, 1.165) is 18.5 Å². The number of halogens is 3. The van der Waals surface area contributed by atoms with E-state index in [1.807, 2.05) is 0 Å². The van der Waals surface area contributed by atoms with Crippen molar-refractivity contribution in [1.29, 1.82) is 0 Å². The Kier molecular flexibility index (Phi) is 2.55. The van der Waals surface area contributed by atoms with Gasteiger partial charge in [0, 0.05) is 6.20 Å². The van der Waals surface area contributed by atoms with Crippen LogP contribution in [-0.2, 0) is 6.18 Å². The zero-order valence-corrected chi connectivity index (χ0v) is 6.42. The number of rotatable bonds is 1. The third-order valence-electron chi connectivity index (χ3n) is 1.36. The van der Waals surface area contributed by atoms with Crippen molar-refractivity contribution >= 4 is 6.08 Å². The highest BCUT2D eigenvalue weighted by atomic mass is 19.4. The van der Waals surface area contributed by atoms with Gasteiger partial charge in [0.1, 0.15) is 0 Å². The fraction of sp³-hybridized carbons (Fsp3) is 0.125. The quantitative estimate of drug-likeness (QED) is 0.689. The Morgan fingerprint density at radius 1 is 1.31 bits per heavy atom. The number of hydrogen-bond acceptors (Lipinski definition) is 2. The second kappa shape index (κ2) is 3.47. The van der Waals surface area contributed by atoms with Crippen LogP contribution in [0.1, 0.15) is 11.3 Å². The minimum atomic E-state index is -4.37. The minimum Gasteiger partial charge on any atom is -0.516 e. The van der Waals surface area contributed by atoms with Gasteiger partial charge in [-0.3, -0.25) is 4.98 Å². The van der Waals surface area contributed by atoms with E-state index in [-0.39, 0.29) is 5.69 Å². The number of aliphatic hydroxyl groups is 1. The number of nitrogens with zero attached hydrogens (tertiary/aromatic N) is 1. The lowest BCUT2D eigenvalue weighted by atomic mass is 10.2. The molecule has 13 heavy (non-hydrogen) atoms. The van der Waals surface area contributed by atoms with Crippen molar-refractivity contribution in [3.63, 3.8) is 0 Å². The van der Waals surface area contributed by atoms with Crippen LogP contribution in [0.25, 0.3) is 6.08 Å². The molecule has 2 nitrogen and oxygen atoms in total. The predicted molar refractivity (Wildman–Crippen MR) is 40.9 cm³/mol. The van der Waals surface area contributed by atoms with Crippen LogP contribution in [-0.4, -0.2) is 10.1 Å². The van der Waals surface area contributed by atoms with Crippen molar-refractivity contribution in [2.75, 3.05) is 0 Å². The van der Waals surface area contributed by atoms with Gasteiger partial charge in [-0.2, -0.15) is 13.2 Å². The Morgan fingerprint density at radius 3 is 2.38 bits per heavy atom. The van der Waals surface area contributed by atoms with Crippen molar-refractivity contribution < 1.29 is 18.3 Å². The van der Waals surface area contributed by atoms with E-state index in [4.69, 9.17) is 5.11 Å². The molecule has 1 rings (SSSR count). The molecule has 0 aliphatic heterocycles. The van der Waals surface area contributed by atoms with Gasteiger partial charge in [0.2, 0.25) is 0 Å². The predicted octanol–water partition coefficient (Wildman–Crippen LogP) is 2.63. The van der Waals surface area contributed by atoms with Gasteiger partial charge in [-0.25, -0.2) is 0 Å². The third kappa shape index (κ3) is 2.47. The molecule has 1 heterocycles. The molecule has 0 radical (unpaired) electrons. The number of aromatic nitrogens is 1. The van der Waals surface area contributed by atoms with E-state index >= 15 is 0 Å². The average Bonchev–Trinajstić information content (AvgIpc) is 2.04. The molecule has 0 atom stereocenters. The van der Waals surface area contributed by atoms with Crippen LogP contribution in [0.2, 0.25) is 0 Å². The smallest absolute Gasteiger partial charge is 0.417 e. The number of aliphatic hydroxyl groups excluding tert-OH is 1. The number of alkyl halides is 3. The molecular formula is C8H6F3NO. The SMILES string of the molecule is O/C=C\c1ccc(C(F)(F)F)cn1.